The maximum Gasteiger partial charge on any atom is 0.217 e. The van der Waals surface area contributed by atoms with Crippen molar-refractivity contribution in [3.63, 3.8) is 0 Å². The minimum absolute atomic E-state index is 0.146. The van der Waals surface area contributed by atoms with E-state index in [1.54, 1.807) is 31.4 Å². The Morgan fingerprint density at radius 3 is 2.50 bits per heavy atom. The summed E-state index contributed by atoms with van der Waals surface area (Å²) in [5.74, 6) is 0.312. The third-order valence-electron chi connectivity index (χ3n) is 3.84. The van der Waals surface area contributed by atoms with Gasteiger partial charge in [-0.25, -0.2) is 0 Å². The van der Waals surface area contributed by atoms with Crippen molar-refractivity contribution < 1.29 is 34.3 Å². The van der Waals surface area contributed by atoms with Crippen LogP contribution in [0.1, 0.15) is 12.5 Å². The van der Waals surface area contributed by atoms with Crippen molar-refractivity contribution in [1.82, 2.24) is 5.32 Å². The van der Waals surface area contributed by atoms with E-state index in [1.165, 1.54) is 6.92 Å². The van der Waals surface area contributed by atoms with Crippen LogP contribution < -0.4 is 10.1 Å². The maximum atomic E-state index is 11.3. The number of hydrogen-bond donors (Lipinski definition) is 4. The molecule has 24 heavy (non-hydrogen) atoms. The molecule has 8 nitrogen and oxygen atoms in total. The molecule has 2 rings (SSSR count). The van der Waals surface area contributed by atoms with Gasteiger partial charge in [0.15, 0.2) is 6.29 Å². The van der Waals surface area contributed by atoms with Crippen molar-refractivity contribution in [3.05, 3.63) is 29.8 Å². The van der Waals surface area contributed by atoms with Crippen molar-refractivity contribution >= 4 is 5.91 Å². The molecule has 0 bridgehead atoms. The molecule has 1 aromatic rings. The van der Waals surface area contributed by atoms with Crippen LogP contribution in [0, 0.1) is 0 Å². The molecule has 1 saturated heterocycles. The summed E-state index contributed by atoms with van der Waals surface area (Å²) in [6, 6.07) is 6.21. The topological polar surface area (TPSA) is 117 Å². The van der Waals surface area contributed by atoms with E-state index >= 15 is 0 Å². The summed E-state index contributed by atoms with van der Waals surface area (Å²) in [5.41, 5.74) is 0.825. The van der Waals surface area contributed by atoms with E-state index in [9.17, 15) is 20.1 Å². The van der Waals surface area contributed by atoms with Crippen LogP contribution in [0.2, 0.25) is 0 Å². The van der Waals surface area contributed by atoms with Crippen LogP contribution in [-0.4, -0.2) is 65.6 Å². The summed E-state index contributed by atoms with van der Waals surface area (Å²) in [4.78, 5) is 11.3. The van der Waals surface area contributed by atoms with E-state index in [2.05, 4.69) is 5.32 Å². The molecular formula is C16H23NO7. The zero-order valence-corrected chi connectivity index (χ0v) is 13.6. The van der Waals surface area contributed by atoms with Gasteiger partial charge in [0.05, 0.1) is 20.3 Å². The Morgan fingerprint density at radius 1 is 1.29 bits per heavy atom. The van der Waals surface area contributed by atoms with Crippen molar-refractivity contribution in [2.24, 2.45) is 0 Å². The fourth-order valence-electron chi connectivity index (χ4n) is 2.59. The number of carbonyl (C=O) groups excluding carboxylic acids is 1. The first kappa shape index (κ1) is 18.6. The number of hydrogen-bond acceptors (Lipinski definition) is 7. The lowest BCUT2D eigenvalue weighted by Gasteiger charge is -2.42. The predicted molar refractivity (Wildman–Crippen MR) is 83.1 cm³/mol. The van der Waals surface area contributed by atoms with Crippen LogP contribution in [-0.2, 0) is 20.9 Å². The van der Waals surface area contributed by atoms with Crippen LogP contribution in [0.25, 0.3) is 0 Å². The lowest BCUT2D eigenvalue weighted by molar-refractivity contribution is -0.263. The normalized spacial score (nSPS) is 30.0. The van der Waals surface area contributed by atoms with Gasteiger partial charge in [-0.1, -0.05) is 12.1 Å². The summed E-state index contributed by atoms with van der Waals surface area (Å²) >= 11 is 0. The Bertz CT molecular complexity index is 536. The van der Waals surface area contributed by atoms with Gasteiger partial charge >= 0.3 is 0 Å². The van der Waals surface area contributed by atoms with Crippen LogP contribution in [0.15, 0.2) is 24.3 Å². The highest BCUT2D eigenvalue weighted by molar-refractivity contribution is 5.73. The van der Waals surface area contributed by atoms with Crippen LogP contribution in [0.5, 0.6) is 5.75 Å². The van der Waals surface area contributed by atoms with Crippen molar-refractivity contribution in [3.8, 4) is 5.75 Å². The number of carbonyl (C=O) groups is 1. The van der Waals surface area contributed by atoms with E-state index < -0.39 is 43.2 Å². The van der Waals surface area contributed by atoms with Gasteiger partial charge in [-0.3, -0.25) is 4.79 Å². The van der Waals surface area contributed by atoms with Gasteiger partial charge < -0.3 is 34.8 Å². The molecule has 134 valence electrons. The van der Waals surface area contributed by atoms with Gasteiger partial charge in [0.1, 0.15) is 30.1 Å². The van der Waals surface area contributed by atoms with E-state index in [0.29, 0.717) is 5.75 Å². The van der Waals surface area contributed by atoms with Crippen molar-refractivity contribution in [1.29, 1.82) is 0 Å². The number of ether oxygens (including phenoxy) is 3. The fraction of sp³-hybridized carbons (Fsp3) is 0.562. The maximum absolute atomic E-state index is 11.3. The average Bonchev–Trinajstić information content (AvgIpc) is 2.57. The minimum Gasteiger partial charge on any atom is -0.497 e. The number of nitrogens with one attached hydrogen (secondary N) is 1. The van der Waals surface area contributed by atoms with E-state index in [4.69, 9.17) is 14.2 Å². The van der Waals surface area contributed by atoms with Gasteiger partial charge in [-0.2, -0.15) is 0 Å². The number of benzene rings is 1. The zero-order valence-electron chi connectivity index (χ0n) is 13.6. The van der Waals surface area contributed by atoms with Gasteiger partial charge in [0.25, 0.3) is 0 Å². The molecule has 0 radical (unpaired) electrons. The summed E-state index contributed by atoms with van der Waals surface area (Å²) in [5, 5.41) is 32.1. The minimum atomic E-state index is -1.39. The molecule has 1 heterocycles. The molecule has 0 aromatic heterocycles. The second-order valence-electron chi connectivity index (χ2n) is 5.59. The van der Waals surface area contributed by atoms with Gasteiger partial charge in [-0.15, -0.1) is 0 Å². The molecule has 0 spiro atoms. The number of amides is 1. The van der Waals surface area contributed by atoms with Crippen LogP contribution in [0.3, 0.4) is 0 Å². The second-order valence-corrected chi connectivity index (χ2v) is 5.59. The predicted octanol–water partition coefficient (Wildman–Crippen LogP) is -0.844. The SMILES string of the molecule is COc1ccc(CO[C@H]2[C@H](O)[C@@H](CO)O[C@H](O)[C@@H]2NC(C)=O)cc1. The molecule has 1 aliphatic rings. The first-order chi connectivity index (χ1) is 11.5. The number of aliphatic hydroxyl groups is 3. The number of rotatable bonds is 6. The van der Waals surface area contributed by atoms with Gasteiger partial charge in [0.2, 0.25) is 5.91 Å². The van der Waals surface area contributed by atoms with Crippen molar-refractivity contribution in [2.75, 3.05) is 13.7 Å². The Labute approximate surface area is 140 Å². The fourth-order valence-corrected chi connectivity index (χ4v) is 2.59. The van der Waals surface area contributed by atoms with Crippen LogP contribution in [0.4, 0.5) is 0 Å². The third kappa shape index (κ3) is 4.43. The van der Waals surface area contributed by atoms with Gasteiger partial charge in [0, 0.05) is 6.92 Å². The van der Waals surface area contributed by atoms with E-state index in [1.807, 2.05) is 0 Å². The standard InChI is InChI=1S/C16H23NO7/c1-9(19)17-13-15(14(20)12(7-18)24-16(13)21)23-8-10-3-5-11(22-2)6-4-10/h3-6,12-16,18,20-21H,7-8H2,1-2H3,(H,17,19)/t12-,13-,14-,15-,16+/m1/s1. The molecule has 0 saturated carbocycles. The van der Waals surface area contributed by atoms with Crippen LogP contribution >= 0.6 is 0 Å². The Hall–Kier alpha value is -1.71. The molecule has 0 unspecified atom stereocenters. The lowest BCUT2D eigenvalue weighted by atomic mass is 9.96. The largest absolute Gasteiger partial charge is 0.497 e. The summed E-state index contributed by atoms with van der Waals surface area (Å²) in [7, 11) is 1.57. The third-order valence-corrected chi connectivity index (χ3v) is 3.84. The van der Waals surface area contributed by atoms with E-state index in [0.717, 1.165) is 5.56 Å². The highest BCUT2D eigenvalue weighted by Gasteiger charge is 2.45. The molecule has 1 aromatic carbocycles. The molecule has 1 fully saturated rings. The average molecular weight is 341 g/mol. The molecule has 1 aliphatic heterocycles. The molecule has 5 atom stereocenters. The smallest absolute Gasteiger partial charge is 0.217 e. The Morgan fingerprint density at radius 2 is 1.96 bits per heavy atom. The summed E-state index contributed by atoms with van der Waals surface area (Å²) in [6.45, 7) is 0.956. The zero-order chi connectivity index (χ0) is 17.7. The summed E-state index contributed by atoms with van der Waals surface area (Å²) < 4.78 is 15.9. The monoisotopic (exact) mass is 341 g/mol. The molecule has 4 N–H and O–H groups in total. The molecular weight excluding hydrogens is 318 g/mol. The lowest BCUT2D eigenvalue weighted by Crippen LogP contribution is -2.64. The quantitative estimate of drug-likeness (QED) is 0.533. The Kier molecular flexibility index (Phi) is 6.52. The highest BCUT2D eigenvalue weighted by atomic mass is 16.6. The van der Waals surface area contributed by atoms with Crippen molar-refractivity contribution in [2.45, 2.75) is 44.2 Å². The second kappa shape index (κ2) is 8.41. The first-order valence-corrected chi connectivity index (χ1v) is 7.60. The first-order valence-electron chi connectivity index (χ1n) is 7.60. The number of methoxy groups -OCH3 is 1. The summed E-state index contributed by atoms with van der Waals surface area (Å²) in [6.07, 6.45) is -4.52. The highest BCUT2D eigenvalue weighted by Crippen LogP contribution is 2.24. The van der Waals surface area contributed by atoms with Gasteiger partial charge in [-0.05, 0) is 17.7 Å². The molecule has 1 amide bonds. The molecule has 8 heteroatoms. The molecule has 0 aliphatic carbocycles. The Balaban J connectivity index is 2.09. The van der Waals surface area contributed by atoms with E-state index in [-0.39, 0.29) is 6.61 Å². The number of aliphatic hydroxyl groups excluding tert-OH is 3.